The molecule has 0 fully saturated rings. The zero-order valence-electron chi connectivity index (χ0n) is 27.7. The summed E-state index contributed by atoms with van der Waals surface area (Å²) in [6, 6.07) is 65.9. The molecule has 1 aromatic heterocycles. The molecule has 2 heteroatoms. The van der Waals surface area contributed by atoms with Crippen molar-refractivity contribution in [1.29, 1.82) is 0 Å². The first-order valence-electron chi connectivity index (χ1n) is 17.6. The van der Waals surface area contributed by atoms with Crippen LogP contribution in [0, 0.1) is 0 Å². The van der Waals surface area contributed by atoms with Gasteiger partial charge in [0.1, 0.15) is 0 Å². The average Bonchev–Trinajstić information content (AvgIpc) is 3.68. The van der Waals surface area contributed by atoms with Gasteiger partial charge >= 0.3 is 0 Å². The average molecular weight is 647 g/mol. The molecular formula is C49H30N2. The lowest BCUT2D eigenvalue weighted by Crippen LogP contribution is -2.26. The van der Waals surface area contributed by atoms with Crippen LogP contribution in [-0.4, -0.2) is 9.97 Å². The summed E-state index contributed by atoms with van der Waals surface area (Å²) in [6.45, 7) is 0. The summed E-state index contributed by atoms with van der Waals surface area (Å²) >= 11 is 0. The van der Waals surface area contributed by atoms with Crippen LogP contribution in [0.25, 0.3) is 77.7 Å². The molecule has 1 heterocycles. The van der Waals surface area contributed by atoms with Gasteiger partial charge in [0.15, 0.2) is 5.82 Å². The number of hydrogen-bond acceptors (Lipinski definition) is 2. The van der Waals surface area contributed by atoms with Crippen molar-refractivity contribution in [2.24, 2.45) is 0 Å². The Hall–Kier alpha value is -6.64. The summed E-state index contributed by atoms with van der Waals surface area (Å²) in [4.78, 5) is 10.3. The van der Waals surface area contributed by atoms with Crippen LogP contribution in [0.1, 0.15) is 22.3 Å². The normalized spacial score (nSPS) is 13.3. The lowest BCUT2D eigenvalue weighted by molar-refractivity contribution is 0.797. The Bertz CT molecular complexity index is 2730. The molecular weight excluding hydrogens is 617 g/mol. The Kier molecular flexibility index (Phi) is 5.91. The third kappa shape index (κ3) is 3.93. The minimum atomic E-state index is -0.367. The van der Waals surface area contributed by atoms with Crippen molar-refractivity contribution in [2.75, 3.05) is 0 Å². The lowest BCUT2D eigenvalue weighted by Gasteiger charge is -2.31. The molecule has 2 aliphatic carbocycles. The van der Waals surface area contributed by atoms with Gasteiger partial charge in [-0.1, -0.05) is 170 Å². The standard InChI is InChI=1S/C49H30N2/c1-3-13-31(14-4-1)44-30-45(51-48(50-44)34-15-5-2-6-16-34)38-21-8-7-19-36(38)35-27-28-41-39(29-35)37-20-9-10-22-40(37)49(41)42-23-11-17-32-25-26-33-18-12-24-43(49)47(33)46(32)42/h1-30H. The topological polar surface area (TPSA) is 25.8 Å². The van der Waals surface area contributed by atoms with Crippen molar-refractivity contribution in [3.8, 4) is 56.2 Å². The van der Waals surface area contributed by atoms with E-state index < -0.39 is 0 Å². The molecule has 11 rings (SSSR count). The molecule has 0 saturated carbocycles. The van der Waals surface area contributed by atoms with E-state index in [0.717, 1.165) is 39.5 Å². The van der Waals surface area contributed by atoms with Crippen LogP contribution < -0.4 is 0 Å². The highest BCUT2D eigenvalue weighted by atomic mass is 14.9. The van der Waals surface area contributed by atoms with Crippen LogP contribution in [0.4, 0.5) is 0 Å². The Morgan fingerprint density at radius 2 is 0.863 bits per heavy atom. The van der Waals surface area contributed by atoms with E-state index in [9.17, 15) is 0 Å². The van der Waals surface area contributed by atoms with Crippen molar-refractivity contribution in [1.82, 2.24) is 9.97 Å². The molecule has 9 aromatic rings. The Labute approximate surface area is 296 Å². The van der Waals surface area contributed by atoms with Crippen molar-refractivity contribution >= 4 is 21.5 Å². The molecule has 0 radical (unpaired) electrons. The second-order valence-corrected chi connectivity index (χ2v) is 13.7. The van der Waals surface area contributed by atoms with Gasteiger partial charge < -0.3 is 0 Å². The van der Waals surface area contributed by atoms with Gasteiger partial charge in [0, 0.05) is 16.7 Å². The smallest absolute Gasteiger partial charge is 0.160 e. The summed E-state index contributed by atoms with van der Waals surface area (Å²) < 4.78 is 0. The highest BCUT2D eigenvalue weighted by Crippen LogP contribution is 2.62. The van der Waals surface area contributed by atoms with Gasteiger partial charge in [-0.05, 0) is 78.2 Å². The number of aromatic nitrogens is 2. The van der Waals surface area contributed by atoms with E-state index in [1.54, 1.807) is 0 Å². The van der Waals surface area contributed by atoms with Crippen LogP contribution in [-0.2, 0) is 5.41 Å². The van der Waals surface area contributed by atoms with E-state index in [4.69, 9.17) is 9.97 Å². The maximum absolute atomic E-state index is 5.21. The molecule has 8 aromatic carbocycles. The summed E-state index contributed by atoms with van der Waals surface area (Å²) in [5.41, 5.74) is 15.0. The van der Waals surface area contributed by atoms with Crippen LogP contribution in [0.2, 0.25) is 0 Å². The first kappa shape index (κ1) is 28.2. The molecule has 0 bridgehead atoms. The second kappa shape index (κ2) is 10.7. The molecule has 236 valence electrons. The summed E-state index contributed by atoms with van der Waals surface area (Å²) in [5, 5.41) is 5.37. The largest absolute Gasteiger partial charge is 0.228 e. The van der Waals surface area contributed by atoms with Crippen LogP contribution >= 0.6 is 0 Å². The van der Waals surface area contributed by atoms with Gasteiger partial charge in [-0.15, -0.1) is 0 Å². The highest BCUT2D eigenvalue weighted by molar-refractivity contribution is 6.17. The third-order valence-electron chi connectivity index (χ3n) is 11.1. The number of hydrogen-bond donors (Lipinski definition) is 0. The van der Waals surface area contributed by atoms with Crippen molar-refractivity contribution in [2.45, 2.75) is 5.41 Å². The number of nitrogens with zero attached hydrogens (tertiary/aromatic N) is 2. The molecule has 2 nitrogen and oxygen atoms in total. The molecule has 0 saturated heterocycles. The summed E-state index contributed by atoms with van der Waals surface area (Å²) in [7, 11) is 0. The maximum atomic E-state index is 5.21. The molecule has 0 N–H and O–H groups in total. The van der Waals surface area contributed by atoms with Gasteiger partial charge in [-0.25, -0.2) is 9.97 Å². The highest BCUT2D eigenvalue weighted by Gasteiger charge is 2.50. The predicted octanol–water partition coefficient (Wildman–Crippen LogP) is 12.1. The minimum absolute atomic E-state index is 0.367. The van der Waals surface area contributed by atoms with Gasteiger partial charge in [0.2, 0.25) is 0 Å². The monoisotopic (exact) mass is 646 g/mol. The summed E-state index contributed by atoms with van der Waals surface area (Å²) in [5.74, 6) is 0.718. The van der Waals surface area contributed by atoms with Crippen LogP contribution in [0.3, 0.4) is 0 Å². The van der Waals surface area contributed by atoms with E-state index in [0.29, 0.717) is 0 Å². The first-order valence-corrected chi connectivity index (χ1v) is 17.6. The molecule has 0 aliphatic heterocycles. The fourth-order valence-electron chi connectivity index (χ4n) is 8.97. The van der Waals surface area contributed by atoms with E-state index in [1.807, 2.05) is 24.3 Å². The Morgan fingerprint density at radius 3 is 1.57 bits per heavy atom. The molecule has 0 amide bonds. The quantitative estimate of drug-likeness (QED) is 0.178. The third-order valence-corrected chi connectivity index (χ3v) is 11.1. The van der Waals surface area contributed by atoms with Gasteiger partial charge in [0.25, 0.3) is 0 Å². The summed E-state index contributed by atoms with van der Waals surface area (Å²) in [6.07, 6.45) is 0. The van der Waals surface area contributed by atoms with E-state index in [-0.39, 0.29) is 5.41 Å². The SMILES string of the molecule is c1ccc(-c2cc(-c3ccccc3-c3ccc4c(c3)-c3ccccc3C43c4cccc5ccc6cccc3c6c45)nc(-c3ccccc3)n2)cc1. The molecule has 1 spiro atoms. The number of fused-ring (bicyclic) bond motifs is 7. The van der Waals surface area contributed by atoms with E-state index in [2.05, 4.69) is 158 Å². The molecule has 51 heavy (non-hydrogen) atoms. The Balaban J connectivity index is 1.13. The van der Waals surface area contributed by atoms with Gasteiger partial charge in [0.05, 0.1) is 16.8 Å². The fourth-order valence-corrected chi connectivity index (χ4v) is 8.97. The van der Waals surface area contributed by atoms with E-state index in [1.165, 1.54) is 60.5 Å². The van der Waals surface area contributed by atoms with Crippen molar-refractivity contribution in [3.63, 3.8) is 0 Å². The lowest BCUT2D eigenvalue weighted by atomic mass is 9.70. The maximum Gasteiger partial charge on any atom is 0.160 e. The fraction of sp³-hybridized carbons (Fsp3) is 0.0204. The minimum Gasteiger partial charge on any atom is -0.228 e. The predicted molar refractivity (Wildman–Crippen MR) is 210 cm³/mol. The molecule has 0 atom stereocenters. The Morgan fingerprint density at radius 1 is 0.314 bits per heavy atom. The molecule has 2 aliphatic rings. The number of rotatable bonds is 4. The second-order valence-electron chi connectivity index (χ2n) is 13.7. The van der Waals surface area contributed by atoms with Gasteiger partial charge in [-0.3, -0.25) is 0 Å². The van der Waals surface area contributed by atoms with Crippen LogP contribution in [0.5, 0.6) is 0 Å². The van der Waals surface area contributed by atoms with Crippen LogP contribution in [0.15, 0.2) is 182 Å². The van der Waals surface area contributed by atoms with Gasteiger partial charge in [-0.2, -0.15) is 0 Å². The zero-order valence-corrected chi connectivity index (χ0v) is 27.7. The molecule has 0 unspecified atom stereocenters. The van der Waals surface area contributed by atoms with Crippen molar-refractivity contribution in [3.05, 3.63) is 204 Å². The first-order chi connectivity index (χ1) is 25.3. The van der Waals surface area contributed by atoms with Crippen molar-refractivity contribution < 1.29 is 0 Å². The van der Waals surface area contributed by atoms with E-state index >= 15 is 0 Å². The zero-order chi connectivity index (χ0) is 33.5. The number of benzene rings is 8.